The van der Waals surface area contributed by atoms with Gasteiger partial charge in [0, 0.05) is 5.56 Å². The lowest BCUT2D eigenvalue weighted by molar-refractivity contribution is -0.140. The van der Waals surface area contributed by atoms with Gasteiger partial charge in [-0.25, -0.2) is 0 Å². The molecule has 0 spiro atoms. The molecule has 1 aliphatic rings. The van der Waals surface area contributed by atoms with Gasteiger partial charge in [0.05, 0.1) is 7.11 Å². The molecule has 1 aromatic rings. The zero-order chi connectivity index (χ0) is 12.3. The van der Waals surface area contributed by atoms with Crippen molar-refractivity contribution in [1.82, 2.24) is 0 Å². The molecule has 0 N–H and O–H groups in total. The monoisotopic (exact) mass is 250 g/mol. The molecule has 1 aliphatic heterocycles. The standard InChI is InChI=1S/C13H14O3S/c1-9-13(14)16-12(17-9)8-7-10-5-3-4-6-11(10)15-2/h3-9,12H,1-2H3. The van der Waals surface area contributed by atoms with E-state index in [0.717, 1.165) is 11.3 Å². The number of hydrogen-bond donors (Lipinski definition) is 0. The first-order valence-electron chi connectivity index (χ1n) is 5.38. The van der Waals surface area contributed by atoms with Gasteiger partial charge in [0.25, 0.3) is 0 Å². The molecule has 1 fully saturated rings. The van der Waals surface area contributed by atoms with Crippen LogP contribution in [0.4, 0.5) is 0 Å². The highest BCUT2D eigenvalue weighted by Gasteiger charge is 2.29. The minimum atomic E-state index is -0.192. The molecule has 1 heterocycles. The van der Waals surface area contributed by atoms with Crippen molar-refractivity contribution < 1.29 is 14.3 Å². The van der Waals surface area contributed by atoms with Crippen molar-refractivity contribution in [3.8, 4) is 5.75 Å². The van der Waals surface area contributed by atoms with Crippen LogP contribution in [-0.4, -0.2) is 23.8 Å². The van der Waals surface area contributed by atoms with E-state index in [1.54, 1.807) is 7.11 Å². The molecule has 0 aliphatic carbocycles. The molecule has 0 amide bonds. The highest BCUT2D eigenvalue weighted by molar-refractivity contribution is 8.01. The van der Waals surface area contributed by atoms with E-state index in [2.05, 4.69) is 0 Å². The van der Waals surface area contributed by atoms with E-state index in [4.69, 9.17) is 9.47 Å². The smallest absolute Gasteiger partial charge is 0.320 e. The maximum Gasteiger partial charge on any atom is 0.320 e. The average molecular weight is 250 g/mol. The number of rotatable bonds is 3. The lowest BCUT2D eigenvalue weighted by atomic mass is 10.2. The Bertz CT molecular complexity index is 442. The summed E-state index contributed by atoms with van der Waals surface area (Å²) < 4.78 is 10.4. The van der Waals surface area contributed by atoms with Crippen LogP contribution in [-0.2, 0) is 9.53 Å². The van der Waals surface area contributed by atoms with Gasteiger partial charge in [-0.3, -0.25) is 4.79 Å². The highest BCUT2D eigenvalue weighted by Crippen LogP contribution is 2.30. The van der Waals surface area contributed by atoms with E-state index in [0.29, 0.717) is 0 Å². The zero-order valence-corrected chi connectivity index (χ0v) is 10.6. The van der Waals surface area contributed by atoms with Crippen molar-refractivity contribution >= 4 is 23.8 Å². The third kappa shape index (κ3) is 2.82. The zero-order valence-electron chi connectivity index (χ0n) is 9.75. The van der Waals surface area contributed by atoms with Crippen LogP contribution in [0.2, 0.25) is 0 Å². The van der Waals surface area contributed by atoms with Crippen molar-refractivity contribution in [2.24, 2.45) is 0 Å². The lowest BCUT2D eigenvalue weighted by Crippen LogP contribution is -2.06. The van der Waals surface area contributed by atoms with Gasteiger partial charge in [-0.05, 0) is 19.1 Å². The topological polar surface area (TPSA) is 35.5 Å². The summed E-state index contributed by atoms with van der Waals surface area (Å²) in [5.41, 5.74) is 0.786. The summed E-state index contributed by atoms with van der Waals surface area (Å²) in [6.45, 7) is 1.85. The fraction of sp³-hybridized carbons (Fsp3) is 0.308. The molecular weight excluding hydrogens is 236 g/mol. The highest BCUT2D eigenvalue weighted by atomic mass is 32.2. The average Bonchev–Trinajstić information content (AvgIpc) is 2.66. The van der Waals surface area contributed by atoms with Crippen LogP contribution in [0.15, 0.2) is 30.3 Å². The van der Waals surface area contributed by atoms with E-state index in [1.165, 1.54) is 11.8 Å². The van der Waals surface area contributed by atoms with Crippen molar-refractivity contribution in [3.63, 3.8) is 0 Å². The molecule has 0 saturated carbocycles. The van der Waals surface area contributed by atoms with Gasteiger partial charge in [0.15, 0.2) is 5.44 Å². The van der Waals surface area contributed by atoms with Crippen LogP contribution in [0.25, 0.3) is 6.08 Å². The van der Waals surface area contributed by atoms with Crippen LogP contribution < -0.4 is 4.74 Å². The summed E-state index contributed by atoms with van der Waals surface area (Å²) in [7, 11) is 1.64. The predicted octanol–water partition coefficient (Wildman–Crippen LogP) is 2.71. The van der Waals surface area contributed by atoms with Gasteiger partial charge in [0.2, 0.25) is 0 Å². The molecular formula is C13H14O3S. The van der Waals surface area contributed by atoms with Gasteiger partial charge in [-0.2, -0.15) is 0 Å². The number of cyclic esters (lactones) is 1. The SMILES string of the molecule is COc1ccccc1C=CC1OC(=O)C(C)S1. The van der Waals surface area contributed by atoms with Gasteiger partial charge in [-0.1, -0.05) is 36.0 Å². The Labute approximate surface area is 105 Å². The third-order valence-electron chi connectivity index (χ3n) is 2.47. The summed E-state index contributed by atoms with van der Waals surface area (Å²) in [5, 5.41) is -0.0812. The molecule has 17 heavy (non-hydrogen) atoms. The first kappa shape index (κ1) is 12.0. The number of thioether (sulfide) groups is 1. The second kappa shape index (κ2) is 5.27. The van der Waals surface area contributed by atoms with Crippen molar-refractivity contribution in [1.29, 1.82) is 0 Å². The molecule has 1 saturated heterocycles. The summed E-state index contributed by atoms with van der Waals surface area (Å²) in [4.78, 5) is 11.2. The van der Waals surface area contributed by atoms with E-state index < -0.39 is 0 Å². The number of methoxy groups -OCH3 is 1. The van der Waals surface area contributed by atoms with Gasteiger partial charge < -0.3 is 9.47 Å². The Balaban J connectivity index is 2.08. The number of hydrogen-bond acceptors (Lipinski definition) is 4. The largest absolute Gasteiger partial charge is 0.496 e. The van der Waals surface area contributed by atoms with Crippen LogP contribution in [0.3, 0.4) is 0 Å². The minimum Gasteiger partial charge on any atom is -0.496 e. The molecule has 4 heteroatoms. The quantitative estimate of drug-likeness (QED) is 0.773. The first-order chi connectivity index (χ1) is 8.20. The van der Waals surface area contributed by atoms with Crippen molar-refractivity contribution in [2.45, 2.75) is 17.6 Å². The van der Waals surface area contributed by atoms with Crippen molar-refractivity contribution in [2.75, 3.05) is 7.11 Å². The number of ether oxygens (including phenoxy) is 2. The number of para-hydroxylation sites is 1. The summed E-state index contributed by atoms with van der Waals surface area (Å²) in [6, 6.07) is 7.72. The van der Waals surface area contributed by atoms with E-state index >= 15 is 0 Å². The van der Waals surface area contributed by atoms with Gasteiger partial charge in [0.1, 0.15) is 11.0 Å². The summed E-state index contributed by atoms with van der Waals surface area (Å²) in [6.07, 6.45) is 3.80. The predicted molar refractivity (Wildman–Crippen MR) is 69.0 cm³/mol. The molecule has 0 bridgehead atoms. The van der Waals surface area contributed by atoms with E-state index in [-0.39, 0.29) is 16.7 Å². The summed E-state index contributed by atoms with van der Waals surface area (Å²) in [5.74, 6) is 0.663. The fourth-order valence-corrected chi connectivity index (χ4v) is 2.45. The molecule has 2 atom stereocenters. The van der Waals surface area contributed by atoms with Crippen LogP contribution >= 0.6 is 11.8 Å². The fourth-order valence-electron chi connectivity index (χ4n) is 1.57. The van der Waals surface area contributed by atoms with E-state index in [1.807, 2.05) is 43.3 Å². The number of benzene rings is 1. The lowest BCUT2D eigenvalue weighted by Gasteiger charge is -2.05. The second-order valence-corrected chi connectivity index (χ2v) is 5.13. The molecule has 3 nitrogen and oxygen atoms in total. The number of carbonyl (C=O) groups excluding carboxylic acids is 1. The van der Waals surface area contributed by atoms with Crippen LogP contribution in [0.1, 0.15) is 12.5 Å². The minimum absolute atomic E-state index is 0.0812. The Morgan fingerprint density at radius 2 is 2.18 bits per heavy atom. The molecule has 2 rings (SSSR count). The molecule has 0 aromatic heterocycles. The normalized spacial score (nSPS) is 24.0. The Morgan fingerprint density at radius 3 is 2.82 bits per heavy atom. The Morgan fingerprint density at radius 1 is 1.41 bits per heavy atom. The van der Waals surface area contributed by atoms with Crippen LogP contribution in [0, 0.1) is 0 Å². The third-order valence-corrected chi connectivity index (χ3v) is 3.60. The Hall–Kier alpha value is -1.42. The Kier molecular flexibility index (Phi) is 3.74. The molecule has 0 radical (unpaired) electrons. The van der Waals surface area contributed by atoms with E-state index in [9.17, 15) is 4.79 Å². The molecule has 2 unspecified atom stereocenters. The maximum atomic E-state index is 11.2. The maximum absolute atomic E-state index is 11.2. The molecule has 90 valence electrons. The first-order valence-corrected chi connectivity index (χ1v) is 6.32. The van der Waals surface area contributed by atoms with Gasteiger partial charge in [-0.15, -0.1) is 0 Å². The summed E-state index contributed by atoms with van der Waals surface area (Å²) >= 11 is 1.51. The number of esters is 1. The number of carbonyl (C=O) groups is 1. The van der Waals surface area contributed by atoms with Crippen molar-refractivity contribution in [3.05, 3.63) is 35.9 Å². The second-order valence-electron chi connectivity index (χ2n) is 3.68. The van der Waals surface area contributed by atoms with Crippen LogP contribution in [0.5, 0.6) is 5.75 Å². The molecule has 1 aromatic carbocycles. The van der Waals surface area contributed by atoms with Gasteiger partial charge >= 0.3 is 5.97 Å².